The molecule has 1 rings (SSSR count). The van der Waals surface area contributed by atoms with Gasteiger partial charge in [0.15, 0.2) is 0 Å². The summed E-state index contributed by atoms with van der Waals surface area (Å²) in [4.78, 5) is 4.19. The number of halogens is 1. The quantitative estimate of drug-likeness (QED) is 0.768. The predicted octanol–water partition coefficient (Wildman–Crippen LogP) is 2.32. The number of nitrogens with zero attached hydrogens (tertiary/aromatic N) is 1. The molecule has 4 heteroatoms. The van der Waals surface area contributed by atoms with Gasteiger partial charge in [0.1, 0.15) is 0 Å². The Bertz CT molecular complexity index is 255. The lowest BCUT2D eigenvalue weighted by atomic mass is 10.4. The summed E-state index contributed by atoms with van der Waals surface area (Å²) < 4.78 is 0. The van der Waals surface area contributed by atoms with Gasteiger partial charge in [0.25, 0.3) is 0 Å². The molecule has 1 aromatic heterocycles. The molecule has 0 unspecified atom stereocenters. The molecular formula is C9H13ClN2S. The number of hydrogen-bond acceptors (Lipinski definition) is 3. The molecule has 0 aliphatic heterocycles. The van der Waals surface area contributed by atoms with Crippen molar-refractivity contribution in [2.75, 3.05) is 12.3 Å². The zero-order valence-electron chi connectivity index (χ0n) is 7.37. The molecule has 0 aliphatic carbocycles. The third-order valence-corrected chi connectivity index (χ3v) is 2.97. The predicted molar refractivity (Wildman–Crippen MR) is 59.1 cm³/mol. The molecule has 0 spiro atoms. The van der Waals surface area contributed by atoms with Crippen molar-refractivity contribution in [2.24, 2.45) is 5.73 Å². The van der Waals surface area contributed by atoms with E-state index < -0.39 is 0 Å². The number of thioether (sulfide) groups is 1. The van der Waals surface area contributed by atoms with Crippen LogP contribution < -0.4 is 5.73 Å². The highest BCUT2D eigenvalue weighted by molar-refractivity contribution is 7.98. The van der Waals surface area contributed by atoms with Crippen molar-refractivity contribution >= 4 is 23.4 Å². The largest absolute Gasteiger partial charge is 0.330 e. The van der Waals surface area contributed by atoms with Crippen LogP contribution in [0.25, 0.3) is 0 Å². The highest BCUT2D eigenvalue weighted by Crippen LogP contribution is 2.18. The molecule has 0 saturated carbocycles. The summed E-state index contributed by atoms with van der Waals surface area (Å²) in [6.07, 6.45) is 2.82. The molecule has 0 bridgehead atoms. The fourth-order valence-electron chi connectivity index (χ4n) is 0.879. The molecule has 72 valence electrons. The molecule has 1 aromatic rings. The van der Waals surface area contributed by atoms with Gasteiger partial charge in [-0.05, 0) is 30.9 Å². The second kappa shape index (κ2) is 6.24. The van der Waals surface area contributed by atoms with E-state index in [1.165, 1.54) is 0 Å². The van der Waals surface area contributed by atoms with Gasteiger partial charge >= 0.3 is 0 Å². The first-order chi connectivity index (χ1) is 6.34. The Morgan fingerprint density at radius 2 is 2.38 bits per heavy atom. The molecule has 0 aliphatic rings. The first-order valence-corrected chi connectivity index (χ1v) is 5.75. The second-order valence-corrected chi connectivity index (χ2v) is 4.14. The van der Waals surface area contributed by atoms with Crippen LogP contribution >= 0.6 is 23.4 Å². The van der Waals surface area contributed by atoms with Gasteiger partial charge in [0.05, 0.1) is 10.7 Å². The maximum Gasteiger partial charge on any atom is 0.0688 e. The van der Waals surface area contributed by atoms with Crippen LogP contribution in [0.2, 0.25) is 5.02 Å². The molecule has 0 atom stereocenters. The van der Waals surface area contributed by atoms with Gasteiger partial charge in [-0.3, -0.25) is 4.98 Å². The third kappa shape index (κ3) is 3.98. The van der Waals surface area contributed by atoms with Gasteiger partial charge in [0, 0.05) is 11.9 Å². The van der Waals surface area contributed by atoms with E-state index in [0.717, 1.165) is 35.2 Å². The fourth-order valence-corrected chi connectivity index (χ4v) is 2.08. The standard InChI is InChI=1S/C9H13ClN2S/c10-8-3-1-5-12-9(8)7-13-6-2-4-11/h1,3,5H,2,4,6-7,11H2. The van der Waals surface area contributed by atoms with Crippen molar-refractivity contribution < 1.29 is 0 Å². The summed E-state index contributed by atoms with van der Waals surface area (Å²) in [7, 11) is 0. The number of rotatable bonds is 5. The zero-order valence-corrected chi connectivity index (χ0v) is 8.94. The van der Waals surface area contributed by atoms with Crippen molar-refractivity contribution in [1.29, 1.82) is 0 Å². The molecule has 2 nitrogen and oxygen atoms in total. The summed E-state index contributed by atoms with van der Waals surface area (Å²) in [5, 5.41) is 0.753. The molecule has 2 N–H and O–H groups in total. The molecule has 0 aromatic carbocycles. The Kier molecular flexibility index (Phi) is 5.20. The number of nitrogens with two attached hydrogens (primary N) is 1. The molecule has 13 heavy (non-hydrogen) atoms. The lowest BCUT2D eigenvalue weighted by Crippen LogP contribution is -1.99. The van der Waals surface area contributed by atoms with Crippen LogP contribution in [0.15, 0.2) is 18.3 Å². The van der Waals surface area contributed by atoms with E-state index in [1.54, 1.807) is 6.20 Å². The van der Waals surface area contributed by atoms with Crippen molar-refractivity contribution in [1.82, 2.24) is 4.98 Å². The Balaban J connectivity index is 2.32. The Hall–Kier alpha value is -0.250. The zero-order chi connectivity index (χ0) is 9.52. The smallest absolute Gasteiger partial charge is 0.0688 e. The lowest BCUT2D eigenvalue weighted by molar-refractivity contribution is 0.942. The number of pyridine rings is 1. The summed E-state index contributed by atoms with van der Waals surface area (Å²) >= 11 is 7.75. The van der Waals surface area contributed by atoms with E-state index in [-0.39, 0.29) is 0 Å². The Morgan fingerprint density at radius 3 is 3.08 bits per heavy atom. The van der Waals surface area contributed by atoms with E-state index in [1.807, 2.05) is 23.9 Å². The topological polar surface area (TPSA) is 38.9 Å². The van der Waals surface area contributed by atoms with Crippen LogP contribution in [-0.2, 0) is 5.75 Å². The monoisotopic (exact) mass is 216 g/mol. The maximum absolute atomic E-state index is 5.94. The van der Waals surface area contributed by atoms with Gasteiger partial charge in [-0.1, -0.05) is 11.6 Å². The summed E-state index contributed by atoms with van der Waals surface area (Å²) in [5.41, 5.74) is 6.35. The van der Waals surface area contributed by atoms with Crippen LogP contribution in [0.5, 0.6) is 0 Å². The summed E-state index contributed by atoms with van der Waals surface area (Å²) in [6.45, 7) is 0.753. The highest BCUT2D eigenvalue weighted by atomic mass is 35.5. The highest BCUT2D eigenvalue weighted by Gasteiger charge is 1.99. The van der Waals surface area contributed by atoms with Crippen LogP contribution in [0.3, 0.4) is 0 Å². The lowest BCUT2D eigenvalue weighted by Gasteiger charge is -2.01. The summed E-state index contributed by atoms with van der Waals surface area (Å²) in [6, 6.07) is 3.71. The average Bonchev–Trinajstić information content (AvgIpc) is 2.15. The normalized spacial score (nSPS) is 10.3. The van der Waals surface area contributed by atoms with E-state index in [2.05, 4.69) is 4.98 Å². The fraction of sp³-hybridized carbons (Fsp3) is 0.444. The summed E-state index contributed by atoms with van der Waals surface area (Å²) in [5.74, 6) is 1.95. The van der Waals surface area contributed by atoms with E-state index in [4.69, 9.17) is 17.3 Å². The van der Waals surface area contributed by atoms with Crippen molar-refractivity contribution in [3.63, 3.8) is 0 Å². The SMILES string of the molecule is NCCCSCc1ncccc1Cl. The molecule has 0 amide bonds. The molecule has 0 radical (unpaired) electrons. The van der Waals surface area contributed by atoms with Gasteiger partial charge in [-0.2, -0.15) is 11.8 Å². The van der Waals surface area contributed by atoms with Crippen LogP contribution in [0, 0.1) is 0 Å². The third-order valence-electron chi connectivity index (χ3n) is 1.57. The first-order valence-electron chi connectivity index (χ1n) is 4.22. The van der Waals surface area contributed by atoms with E-state index in [0.29, 0.717) is 0 Å². The van der Waals surface area contributed by atoms with Gasteiger partial charge < -0.3 is 5.73 Å². The number of aromatic nitrogens is 1. The van der Waals surface area contributed by atoms with Crippen molar-refractivity contribution in [2.45, 2.75) is 12.2 Å². The van der Waals surface area contributed by atoms with Gasteiger partial charge in [-0.25, -0.2) is 0 Å². The van der Waals surface area contributed by atoms with Crippen LogP contribution in [-0.4, -0.2) is 17.3 Å². The Morgan fingerprint density at radius 1 is 1.54 bits per heavy atom. The molecule has 0 fully saturated rings. The van der Waals surface area contributed by atoms with Crippen LogP contribution in [0.1, 0.15) is 12.1 Å². The molecular weight excluding hydrogens is 204 g/mol. The molecule has 1 heterocycles. The molecule has 0 saturated heterocycles. The second-order valence-electron chi connectivity index (χ2n) is 2.63. The van der Waals surface area contributed by atoms with Crippen molar-refractivity contribution in [3.8, 4) is 0 Å². The van der Waals surface area contributed by atoms with E-state index in [9.17, 15) is 0 Å². The van der Waals surface area contributed by atoms with Gasteiger partial charge in [0.2, 0.25) is 0 Å². The van der Waals surface area contributed by atoms with E-state index >= 15 is 0 Å². The minimum absolute atomic E-state index is 0.753. The maximum atomic E-state index is 5.94. The van der Waals surface area contributed by atoms with Crippen LogP contribution in [0.4, 0.5) is 0 Å². The van der Waals surface area contributed by atoms with Crippen molar-refractivity contribution in [3.05, 3.63) is 29.0 Å². The first kappa shape index (κ1) is 10.8. The van der Waals surface area contributed by atoms with Gasteiger partial charge in [-0.15, -0.1) is 0 Å². The average molecular weight is 217 g/mol. The minimum atomic E-state index is 0.753. The minimum Gasteiger partial charge on any atom is -0.330 e. The Labute approximate surface area is 87.9 Å². The number of hydrogen-bond donors (Lipinski definition) is 1.